The van der Waals surface area contributed by atoms with Crippen molar-refractivity contribution in [2.75, 3.05) is 32.5 Å². The molecule has 0 fully saturated rings. The summed E-state index contributed by atoms with van der Waals surface area (Å²) in [4.78, 5) is 31.8. The van der Waals surface area contributed by atoms with Gasteiger partial charge < -0.3 is 19.1 Å². The fourth-order valence-electron chi connectivity index (χ4n) is 2.75. The van der Waals surface area contributed by atoms with E-state index in [0.717, 1.165) is 21.1 Å². The van der Waals surface area contributed by atoms with E-state index in [9.17, 15) is 9.59 Å². The summed E-state index contributed by atoms with van der Waals surface area (Å²) in [6.07, 6.45) is 0. The molecule has 0 N–H and O–H groups in total. The van der Waals surface area contributed by atoms with Crippen LogP contribution in [0.25, 0.3) is 10.6 Å². The van der Waals surface area contributed by atoms with Crippen molar-refractivity contribution in [3.05, 3.63) is 46.1 Å². The van der Waals surface area contributed by atoms with Crippen LogP contribution in [0.15, 0.2) is 35.5 Å². The van der Waals surface area contributed by atoms with Gasteiger partial charge in [-0.1, -0.05) is 12.1 Å². The summed E-state index contributed by atoms with van der Waals surface area (Å²) < 4.78 is 15.2. The molecule has 0 atom stereocenters. The Hall–Kier alpha value is -2.71. The highest BCUT2D eigenvalue weighted by Crippen LogP contribution is 2.32. The van der Waals surface area contributed by atoms with Crippen LogP contribution in [0, 0.1) is 13.8 Å². The first-order valence-corrected chi connectivity index (χ1v) is 9.07. The Kier molecular flexibility index (Phi) is 5.57. The summed E-state index contributed by atoms with van der Waals surface area (Å²) in [5, 5.41) is 0.890. The summed E-state index contributed by atoms with van der Waals surface area (Å²) in [5.41, 5.74) is 2.86. The number of aromatic nitrogens is 1. The zero-order valence-corrected chi connectivity index (χ0v) is 16.4. The highest BCUT2D eigenvalue weighted by molar-refractivity contribution is 7.15. The molecule has 1 aliphatic rings. The van der Waals surface area contributed by atoms with E-state index >= 15 is 0 Å². The number of carbonyl (C=O) groups excluding carboxylic acids is 2. The number of hydrogen-bond donors (Lipinski definition) is 0. The molecule has 3 rings (SSSR count). The second-order valence-electron chi connectivity index (χ2n) is 5.93. The SMILES string of the molecule is COC(=O)C1=C(C(=O)OC)N(c2cccc(-c3nc(C)c(C)s3)c2)COC1. The van der Waals surface area contributed by atoms with Crippen molar-refractivity contribution in [3.8, 4) is 10.6 Å². The van der Waals surface area contributed by atoms with Crippen molar-refractivity contribution in [3.63, 3.8) is 0 Å². The number of carbonyl (C=O) groups is 2. The predicted octanol–water partition coefficient (Wildman–Crippen LogP) is 2.82. The summed E-state index contributed by atoms with van der Waals surface area (Å²) in [6.45, 7) is 4.10. The van der Waals surface area contributed by atoms with E-state index in [1.165, 1.54) is 14.2 Å². The number of benzene rings is 1. The Morgan fingerprint density at radius 1 is 1.19 bits per heavy atom. The molecule has 0 saturated heterocycles. The van der Waals surface area contributed by atoms with Crippen LogP contribution in [-0.2, 0) is 23.8 Å². The second-order valence-corrected chi connectivity index (χ2v) is 7.13. The maximum Gasteiger partial charge on any atom is 0.355 e. The van der Waals surface area contributed by atoms with E-state index in [0.29, 0.717) is 5.69 Å². The molecule has 2 heterocycles. The van der Waals surface area contributed by atoms with Crippen LogP contribution in [0.4, 0.5) is 5.69 Å². The molecule has 0 aliphatic carbocycles. The largest absolute Gasteiger partial charge is 0.466 e. The van der Waals surface area contributed by atoms with Gasteiger partial charge in [0, 0.05) is 16.1 Å². The third kappa shape index (κ3) is 3.72. The molecule has 0 spiro atoms. The molecular formula is C19H20N2O5S. The molecule has 8 heteroatoms. The molecule has 0 unspecified atom stereocenters. The number of esters is 2. The minimum absolute atomic E-state index is 0.0157. The van der Waals surface area contributed by atoms with E-state index in [1.54, 1.807) is 16.2 Å². The van der Waals surface area contributed by atoms with Gasteiger partial charge >= 0.3 is 11.9 Å². The molecule has 142 valence electrons. The van der Waals surface area contributed by atoms with Gasteiger partial charge in [-0.05, 0) is 26.0 Å². The summed E-state index contributed by atoms with van der Waals surface area (Å²) in [7, 11) is 2.53. The molecular weight excluding hydrogens is 368 g/mol. The number of nitrogens with zero attached hydrogens (tertiary/aromatic N) is 2. The van der Waals surface area contributed by atoms with Gasteiger partial charge in [0.25, 0.3) is 0 Å². The standard InChI is InChI=1S/C19H20N2O5S/c1-11-12(2)27-17(20-11)13-6-5-7-14(8-13)21-10-26-9-15(18(22)24-3)16(21)19(23)25-4/h5-8H,9-10H2,1-4H3. The molecule has 7 nitrogen and oxygen atoms in total. The number of thiazole rings is 1. The fourth-order valence-corrected chi connectivity index (χ4v) is 3.66. The first kappa shape index (κ1) is 19.1. The Balaban J connectivity index is 2.07. The molecule has 1 aromatic carbocycles. The van der Waals surface area contributed by atoms with Gasteiger partial charge in [-0.3, -0.25) is 0 Å². The van der Waals surface area contributed by atoms with Crippen LogP contribution in [-0.4, -0.2) is 44.5 Å². The molecule has 2 aromatic rings. The Morgan fingerprint density at radius 2 is 1.93 bits per heavy atom. The highest BCUT2D eigenvalue weighted by Gasteiger charge is 2.32. The molecule has 0 saturated carbocycles. The Morgan fingerprint density at radius 3 is 2.56 bits per heavy atom. The van der Waals surface area contributed by atoms with Crippen molar-refractivity contribution >= 4 is 29.0 Å². The summed E-state index contributed by atoms with van der Waals surface area (Å²) in [5.74, 6) is -1.24. The average molecular weight is 388 g/mol. The lowest BCUT2D eigenvalue weighted by Crippen LogP contribution is -2.38. The quantitative estimate of drug-likeness (QED) is 0.745. The van der Waals surface area contributed by atoms with Crippen molar-refractivity contribution in [2.24, 2.45) is 0 Å². The number of ether oxygens (including phenoxy) is 3. The maximum absolute atomic E-state index is 12.4. The van der Waals surface area contributed by atoms with Crippen molar-refractivity contribution in [1.82, 2.24) is 4.98 Å². The van der Waals surface area contributed by atoms with Crippen LogP contribution in [0.2, 0.25) is 0 Å². The number of rotatable bonds is 4. The lowest BCUT2D eigenvalue weighted by Gasteiger charge is -2.31. The van der Waals surface area contributed by atoms with Crippen molar-refractivity contribution < 1.29 is 23.8 Å². The third-order valence-electron chi connectivity index (χ3n) is 4.27. The van der Waals surface area contributed by atoms with Crippen molar-refractivity contribution in [1.29, 1.82) is 0 Å². The normalized spacial score (nSPS) is 14.3. The number of aryl methyl sites for hydroxylation is 2. The lowest BCUT2D eigenvalue weighted by atomic mass is 10.1. The number of methoxy groups -OCH3 is 2. The zero-order valence-electron chi connectivity index (χ0n) is 15.6. The average Bonchev–Trinajstić information content (AvgIpc) is 3.04. The molecule has 0 radical (unpaired) electrons. The molecule has 27 heavy (non-hydrogen) atoms. The maximum atomic E-state index is 12.4. The fraction of sp³-hybridized carbons (Fsp3) is 0.316. The number of anilines is 1. The minimum Gasteiger partial charge on any atom is -0.466 e. The molecule has 1 aromatic heterocycles. The van der Waals surface area contributed by atoms with Crippen LogP contribution in [0.5, 0.6) is 0 Å². The van der Waals surface area contributed by atoms with E-state index in [2.05, 4.69) is 4.98 Å². The van der Waals surface area contributed by atoms with E-state index in [4.69, 9.17) is 14.2 Å². The van der Waals surface area contributed by atoms with E-state index in [1.807, 2.05) is 38.1 Å². The molecule has 1 aliphatic heterocycles. The Labute approximate surface area is 161 Å². The van der Waals surface area contributed by atoms with Gasteiger partial charge in [0.2, 0.25) is 0 Å². The van der Waals surface area contributed by atoms with Gasteiger partial charge in [-0.25, -0.2) is 14.6 Å². The number of hydrogen-bond acceptors (Lipinski definition) is 8. The topological polar surface area (TPSA) is 78.0 Å². The van der Waals surface area contributed by atoms with Crippen LogP contribution in [0.1, 0.15) is 10.6 Å². The highest BCUT2D eigenvalue weighted by atomic mass is 32.1. The smallest absolute Gasteiger partial charge is 0.355 e. The van der Waals surface area contributed by atoms with E-state index in [-0.39, 0.29) is 24.6 Å². The first-order chi connectivity index (χ1) is 13.0. The van der Waals surface area contributed by atoms with Crippen LogP contribution in [0.3, 0.4) is 0 Å². The predicted molar refractivity (Wildman–Crippen MR) is 101 cm³/mol. The summed E-state index contributed by atoms with van der Waals surface area (Å²) in [6, 6.07) is 7.57. The minimum atomic E-state index is -0.623. The second kappa shape index (κ2) is 7.89. The lowest BCUT2D eigenvalue weighted by molar-refractivity contribution is -0.140. The Bertz CT molecular complexity index is 899. The first-order valence-electron chi connectivity index (χ1n) is 8.25. The van der Waals surface area contributed by atoms with Crippen LogP contribution < -0.4 is 4.90 Å². The summed E-state index contributed by atoms with van der Waals surface area (Å²) >= 11 is 1.60. The molecule has 0 amide bonds. The van der Waals surface area contributed by atoms with Gasteiger partial charge in [-0.15, -0.1) is 11.3 Å². The van der Waals surface area contributed by atoms with Gasteiger partial charge in [0.1, 0.15) is 17.4 Å². The monoisotopic (exact) mass is 388 g/mol. The third-order valence-corrected chi connectivity index (χ3v) is 5.39. The van der Waals surface area contributed by atoms with Gasteiger partial charge in [0.15, 0.2) is 0 Å². The van der Waals surface area contributed by atoms with Gasteiger partial charge in [-0.2, -0.15) is 0 Å². The van der Waals surface area contributed by atoms with E-state index < -0.39 is 11.9 Å². The van der Waals surface area contributed by atoms with Crippen molar-refractivity contribution in [2.45, 2.75) is 13.8 Å². The molecule has 0 bridgehead atoms. The zero-order chi connectivity index (χ0) is 19.6. The van der Waals surface area contributed by atoms with Gasteiger partial charge in [0.05, 0.1) is 32.1 Å². The van der Waals surface area contributed by atoms with Crippen LogP contribution >= 0.6 is 11.3 Å².